The summed E-state index contributed by atoms with van der Waals surface area (Å²) in [6.07, 6.45) is 1.26. The molecule has 0 fully saturated rings. The van der Waals surface area contributed by atoms with Gasteiger partial charge in [0, 0.05) is 13.2 Å². The summed E-state index contributed by atoms with van der Waals surface area (Å²) in [4.78, 5) is -0.449. The first-order valence-corrected chi connectivity index (χ1v) is 7.79. The van der Waals surface area contributed by atoms with Crippen molar-refractivity contribution >= 4 is 21.6 Å². The number of sulfonamides is 1. The van der Waals surface area contributed by atoms with Crippen LogP contribution in [0.2, 0.25) is 5.02 Å². The van der Waals surface area contributed by atoms with Crippen LogP contribution in [0.15, 0.2) is 23.1 Å². The minimum Gasteiger partial charge on any atom is -0.396 e. The van der Waals surface area contributed by atoms with Gasteiger partial charge in [-0.25, -0.2) is 17.5 Å². The third kappa shape index (κ3) is 4.72. The molecule has 0 amide bonds. The Morgan fingerprint density at radius 3 is 2.79 bits per heavy atom. The number of benzene rings is 1. The Kier molecular flexibility index (Phi) is 6.19. The van der Waals surface area contributed by atoms with E-state index >= 15 is 0 Å². The Labute approximate surface area is 117 Å². The molecule has 0 radical (unpaired) electrons. The lowest BCUT2D eigenvalue weighted by atomic mass is 10.1. The highest BCUT2D eigenvalue weighted by atomic mass is 35.5. The molecule has 1 aromatic carbocycles. The van der Waals surface area contributed by atoms with Gasteiger partial charge in [-0.05, 0) is 30.9 Å². The van der Waals surface area contributed by atoms with Gasteiger partial charge in [-0.1, -0.05) is 24.6 Å². The minimum absolute atomic E-state index is 0.0652. The number of hydrogen-bond acceptors (Lipinski definition) is 3. The molecule has 2 N–H and O–H groups in total. The summed E-state index contributed by atoms with van der Waals surface area (Å²) in [7, 11) is -3.89. The van der Waals surface area contributed by atoms with E-state index in [4.69, 9.17) is 16.7 Å². The molecule has 0 aliphatic rings. The van der Waals surface area contributed by atoms with Gasteiger partial charge in [-0.15, -0.1) is 0 Å². The van der Waals surface area contributed by atoms with Gasteiger partial charge in [0.2, 0.25) is 10.0 Å². The smallest absolute Gasteiger partial charge is 0.243 e. The maximum atomic E-state index is 13.6. The lowest BCUT2D eigenvalue weighted by Gasteiger charge is -2.10. The van der Waals surface area contributed by atoms with Crippen molar-refractivity contribution in [2.24, 2.45) is 5.92 Å². The number of nitrogens with one attached hydrogen (secondary N) is 1. The van der Waals surface area contributed by atoms with Gasteiger partial charge in [0.05, 0.1) is 5.02 Å². The van der Waals surface area contributed by atoms with Gasteiger partial charge in [0.15, 0.2) is 5.82 Å². The second-order valence-corrected chi connectivity index (χ2v) is 6.52. The largest absolute Gasteiger partial charge is 0.396 e. The van der Waals surface area contributed by atoms with Crippen LogP contribution >= 0.6 is 11.6 Å². The van der Waals surface area contributed by atoms with Gasteiger partial charge in [0.25, 0.3) is 0 Å². The fourth-order valence-corrected chi connectivity index (χ4v) is 2.92. The molecule has 19 heavy (non-hydrogen) atoms. The Bertz CT molecular complexity index is 522. The van der Waals surface area contributed by atoms with Crippen molar-refractivity contribution in [2.45, 2.75) is 24.7 Å². The molecule has 0 bridgehead atoms. The van der Waals surface area contributed by atoms with Crippen molar-refractivity contribution in [3.8, 4) is 0 Å². The van der Waals surface area contributed by atoms with Crippen molar-refractivity contribution in [1.82, 2.24) is 4.72 Å². The maximum absolute atomic E-state index is 13.6. The minimum atomic E-state index is -3.89. The third-order valence-corrected chi connectivity index (χ3v) is 4.45. The van der Waals surface area contributed by atoms with E-state index in [1.807, 2.05) is 6.92 Å². The highest BCUT2D eigenvalue weighted by Crippen LogP contribution is 2.21. The molecule has 108 valence electrons. The van der Waals surface area contributed by atoms with Crippen LogP contribution in [0.1, 0.15) is 19.8 Å². The third-order valence-electron chi connectivity index (χ3n) is 2.68. The van der Waals surface area contributed by atoms with E-state index in [-0.39, 0.29) is 24.1 Å². The quantitative estimate of drug-likeness (QED) is 0.759. The van der Waals surface area contributed by atoms with E-state index in [1.54, 1.807) is 0 Å². The standard InChI is InChI=1S/C12H17ClFNO3S/c1-9(8-16)4-3-7-15-19(17,18)11-6-2-5-10(13)12(11)14/h2,5-6,9,15-16H,3-4,7-8H2,1H3. The maximum Gasteiger partial charge on any atom is 0.243 e. The Hall–Kier alpha value is -0.690. The zero-order chi connectivity index (χ0) is 14.5. The van der Waals surface area contributed by atoms with Crippen LogP contribution in [0.5, 0.6) is 0 Å². The zero-order valence-corrected chi connectivity index (χ0v) is 12.1. The summed E-state index contributed by atoms with van der Waals surface area (Å²) in [5.74, 6) is -0.826. The fourth-order valence-electron chi connectivity index (χ4n) is 1.52. The first-order chi connectivity index (χ1) is 8.88. The molecular formula is C12H17ClFNO3S. The van der Waals surface area contributed by atoms with Crippen LogP contribution in [0.25, 0.3) is 0 Å². The van der Waals surface area contributed by atoms with Crippen molar-refractivity contribution in [3.63, 3.8) is 0 Å². The van der Waals surface area contributed by atoms with E-state index in [0.29, 0.717) is 12.8 Å². The molecule has 0 aliphatic carbocycles. The number of hydrogen-bond donors (Lipinski definition) is 2. The fraction of sp³-hybridized carbons (Fsp3) is 0.500. The Balaban J connectivity index is 2.64. The summed E-state index contributed by atoms with van der Waals surface area (Å²) in [5.41, 5.74) is 0. The molecule has 0 aliphatic heterocycles. The molecule has 4 nitrogen and oxygen atoms in total. The van der Waals surface area contributed by atoms with Crippen LogP contribution < -0.4 is 4.72 Å². The highest BCUT2D eigenvalue weighted by molar-refractivity contribution is 7.89. The van der Waals surface area contributed by atoms with Gasteiger partial charge in [-0.3, -0.25) is 0 Å². The lowest BCUT2D eigenvalue weighted by molar-refractivity contribution is 0.228. The molecule has 0 saturated heterocycles. The van der Waals surface area contributed by atoms with Gasteiger partial charge in [0.1, 0.15) is 4.90 Å². The zero-order valence-electron chi connectivity index (χ0n) is 10.6. The number of rotatable bonds is 7. The molecule has 0 aromatic heterocycles. The van der Waals surface area contributed by atoms with Gasteiger partial charge < -0.3 is 5.11 Å². The average Bonchev–Trinajstić information content (AvgIpc) is 2.37. The van der Waals surface area contributed by atoms with E-state index < -0.39 is 20.7 Å². The Morgan fingerprint density at radius 1 is 1.47 bits per heavy atom. The first kappa shape index (κ1) is 16.4. The molecule has 1 unspecified atom stereocenters. The Morgan fingerprint density at radius 2 is 2.16 bits per heavy atom. The predicted octanol–water partition coefficient (Wildman–Crippen LogP) is 2.17. The summed E-state index contributed by atoms with van der Waals surface area (Å²) >= 11 is 5.55. The second kappa shape index (κ2) is 7.19. The van der Waals surface area contributed by atoms with E-state index in [0.717, 1.165) is 0 Å². The summed E-state index contributed by atoms with van der Waals surface area (Å²) in [6.45, 7) is 2.12. The number of halogens is 2. The SMILES string of the molecule is CC(CO)CCCNS(=O)(=O)c1cccc(Cl)c1F. The summed E-state index contributed by atoms with van der Waals surface area (Å²) in [5, 5.41) is 8.61. The van der Waals surface area contributed by atoms with Crippen LogP contribution in [-0.2, 0) is 10.0 Å². The second-order valence-electron chi connectivity index (χ2n) is 4.38. The molecule has 1 aromatic rings. The monoisotopic (exact) mass is 309 g/mol. The van der Waals surface area contributed by atoms with E-state index in [9.17, 15) is 12.8 Å². The van der Waals surface area contributed by atoms with Crippen molar-refractivity contribution < 1.29 is 17.9 Å². The van der Waals surface area contributed by atoms with Crippen molar-refractivity contribution in [2.75, 3.05) is 13.2 Å². The lowest BCUT2D eigenvalue weighted by Crippen LogP contribution is -2.26. The van der Waals surface area contributed by atoms with E-state index in [2.05, 4.69) is 4.72 Å². The van der Waals surface area contributed by atoms with Crippen LogP contribution in [0.4, 0.5) is 4.39 Å². The van der Waals surface area contributed by atoms with Gasteiger partial charge >= 0.3 is 0 Å². The van der Waals surface area contributed by atoms with Crippen molar-refractivity contribution in [3.05, 3.63) is 29.0 Å². The predicted molar refractivity (Wildman–Crippen MR) is 72.1 cm³/mol. The van der Waals surface area contributed by atoms with Gasteiger partial charge in [-0.2, -0.15) is 0 Å². The number of aliphatic hydroxyl groups is 1. The van der Waals surface area contributed by atoms with Crippen LogP contribution in [0.3, 0.4) is 0 Å². The molecule has 0 saturated carbocycles. The van der Waals surface area contributed by atoms with E-state index in [1.165, 1.54) is 18.2 Å². The summed E-state index contributed by atoms with van der Waals surface area (Å²) in [6, 6.07) is 3.84. The molecular weight excluding hydrogens is 293 g/mol. The van der Waals surface area contributed by atoms with Crippen molar-refractivity contribution in [1.29, 1.82) is 0 Å². The molecule has 7 heteroatoms. The molecule has 1 rings (SSSR count). The molecule has 0 spiro atoms. The van der Waals surface area contributed by atoms with Crippen LogP contribution in [0, 0.1) is 11.7 Å². The molecule has 1 atom stereocenters. The average molecular weight is 310 g/mol. The number of aliphatic hydroxyl groups excluding tert-OH is 1. The van der Waals surface area contributed by atoms with Crippen LogP contribution in [-0.4, -0.2) is 26.7 Å². The summed E-state index contributed by atoms with van der Waals surface area (Å²) < 4.78 is 39.6. The first-order valence-electron chi connectivity index (χ1n) is 5.93. The topological polar surface area (TPSA) is 66.4 Å². The normalized spacial score (nSPS) is 13.5. The highest BCUT2D eigenvalue weighted by Gasteiger charge is 2.20. The molecule has 0 heterocycles.